The van der Waals surface area contributed by atoms with Gasteiger partial charge in [-0.15, -0.1) is 0 Å². The summed E-state index contributed by atoms with van der Waals surface area (Å²) in [6, 6.07) is 0.935. The average molecular weight is 285 g/mol. The number of hydrogen-bond donors (Lipinski definition) is 0. The Morgan fingerprint density at radius 3 is 1.95 bits per heavy atom. The molecule has 0 aromatic heterocycles. The van der Waals surface area contributed by atoms with Gasteiger partial charge in [-0.25, -0.2) is 0 Å². The van der Waals surface area contributed by atoms with Crippen molar-refractivity contribution in [3.63, 3.8) is 0 Å². The zero-order valence-electron chi connectivity index (χ0n) is 15.3. The third-order valence-electron chi connectivity index (χ3n) is 4.73. The minimum absolute atomic E-state index is 0.495. The van der Waals surface area contributed by atoms with Crippen LogP contribution in [0.5, 0.6) is 0 Å². The van der Waals surface area contributed by atoms with Gasteiger partial charge in [-0.1, -0.05) is 34.1 Å². The zero-order valence-corrected chi connectivity index (χ0v) is 15.3. The molecule has 0 amide bonds. The van der Waals surface area contributed by atoms with E-state index in [1.165, 1.54) is 58.2 Å². The molecular weight excluding hydrogens is 244 g/mol. The molecule has 1 aliphatic heterocycles. The van der Waals surface area contributed by atoms with E-state index in [2.05, 4.69) is 44.5 Å². The molecule has 0 aromatic rings. The van der Waals surface area contributed by atoms with Gasteiger partial charge in [-0.2, -0.15) is 0 Å². The minimum Gasteiger partial charge on any atom is -0.303 e. The van der Waals surface area contributed by atoms with Crippen molar-refractivity contribution in [3.8, 4) is 0 Å². The lowest BCUT2D eigenvalue weighted by atomic mass is 9.92. The lowest BCUT2D eigenvalue weighted by Crippen LogP contribution is -2.37. The Labute approximate surface area is 128 Å². The Morgan fingerprint density at radius 1 is 1.10 bits per heavy atom. The molecule has 0 atom stereocenters. The quantitative estimate of drug-likeness (QED) is 0.732. The summed E-state index contributed by atoms with van der Waals surface area (Å²) in [7, 11) is 2.24. The molecule has 2 aliphatic rings. The van der Waals surface area contributed by atoms with E-state index >= 15 is 0 Å². The van der Waals surface area contributed by atoms with E-state index in [1.807, 2.05) is 13.8 Å². The number of rotatable bonds is 4. The van der Waals surface area contributed by atoms with Crippen LogP contribution in [-0.4, -0.2) is 48.1 Å². The molecule has 2 nitrogen and oxygen atoms in total. The van der Waals surface area contributed by atoms with Gasteiger partial charge in [0.1, 0.15) is 0 Å². The first-order chi connectivity index (χ1) is 9.51. The van der Waals surface area contributed by atoms with E-state index < -0.39 is 0 Å². The van der Waals surface area contributed by atoms with Crippen molar-refractivity contribution in [1.29, 1.82) is 0 Å². The fourth-order valence-electron chi connectivity index (χ4n) is 3.11. The SMILES string of the molecule is CC.CCCN(C)C1CCC1.CCN1CCCC1(C)C. The van der Waals surface area contributed by atoms with Crippen molar-refractivity contribution in [2.75, 3.05) is 26.7 Å². The summed E-state index contributed by atoms with van der Waals surface area (Å²) in [5.74, 6) is 0. The van der Waals surface area contributed by atoms with Crippen molar-refractivity contribution in [1.82, 2.24) is 9.80 Å². The summed E-state index contributed by atoms with van der Waals surface area (Å²) in [5.41, 5.74) is 0.495. The lowest BCUT2D eigenvalue weighted by molar-refractivity contribution is 0.160. The third kappa shape index (κ3) is 6.58. The highest BCUT2D eigenvalue weighted by Gasteiger charge is 2.29. The molecule has 0 spiro atoms. The van der Waals surface area contributed by atoms with Crippen LogP contribution in [0.25, 0.3) is 0 Å². The number of hydrogen-bond acceptors (Lipinski definition) is 2. The lowest BCUT2D eigenvalue weighted by Gasteiger charge is -2.34. The largest absolute Gasteiger partial charge is 0.303 e. The summed E-state index contributed by atoms with van der Waals surface area (Å²) in [5, 5.41) is 0. The molecule has 1 heterocycles. The second kappa shape index (κ2) is 10.6. The van der Waals surface area contributed by atoms with Crippen LogP contribution in [-0.2, 0) is 0 Å². The van der Waals surface area contributed by atoms with E-state index in [-0.39, 0.29) is 0 Å². The predicted molar refractivity (Wildman–Crippen MR) is 92.5 cm³/mol. The maximum atomic E-state index is 2.55. The Hall–Kier alpha value is -0.0800. The predicted octanol–water partition coefficient (Wildman–Crippen LogP) is 4.79. The smallest absolute Gasteiger partial charge is 0.0153 e. The molecule has 0 aromatic carbocycles. The maximum absolute atomic E-state index is 2.55. The van der Waals surface area contributed by atoms with Crippen LogP contribution in [0, 0.1) is 0 Å². The van der Waals surface area contributed by atoms with E-state index in [0.717, 1.165) is 6.04 Å². The fraction of sp³-hybridized carbons (Fsp3) is 1.00. The normalized spacial score (nSPS) is 21.6. The van der Waals surface area contributed by atoms with Gasteiger partial charge in [0.25, 0.3) is 0 Å². The van der Waals surface area contributed by atoms with Crippen LogP contribution in [0.3, 0.4) is 0 Å². The molecule has 20 heavy (non-hydrogen) atoms. The van der Waals surface area contributed by atoms with Crippen molar-refractivity contribution in [3.05, 3.63) is 0 Å². The maximum Gasteiger partial charge on any atom is 0.0153 e. The molecule has 0 bridgehead atoms. The minimum atomic E-state index is 0.495. The molecule has 1 aliphatic carbocycles. The highest BCUT2D eigenvalue weighted by Crippen LogP contribution is 2.27. The summed E-state index contributed by atoms with van der Waals surface area (Å²) in [4.78, 5) is 5.04. The molecule has 1 saturated carbocycles. The van der Waals surface area contributed by atoms with Crippen LogP contribution in [0.2, 0.25) is 0 Å². The Kier molecular flexibility index (Phi) is 10.6. The number of nitrogens with zero attached hydrogens (tertiary/aromatic N) is 2. The average Bonchev–Trinajstić information content (AvgIpc) is 2.69. The highest BCUT2D eigenvalue weighted by molar-refractivity contribution is 4.86. The van der Waals surface area contributed by atoms with Gasteiger partial charge in [0.15, 0.2) is 0 Å². The van der Waals surface area contributed by atoms with Crippen molar-refractivity contribution >= 4 is 0 Å². The van der Waals surface area contributed by atoms with Crippen molar-refractivity contribution in [2.24, 2.45) is 0 Å². The molecular formula is C18H40N2. The molecule has 2 heteroatoms. The van der Waals surface area contributed by atoms with Crippen molar-refractivity contribution < 1.29 is 0 Å². The standard InChI is InChI=1S/2C8H17N.C2H6/c1-4-9-7-5-6-8(9,2)3;1-3-7-9(2)8-5-4-6-8;1-2/h4-7H2,1-3H3;8H,3-7H2,1-2H3;1-2H3. The monoisotopic (exact) mass is 284 g/mol. The first-order valence-electron chi connectivity index (χ1n) is 8.96. The van der Waals surface area contributed by atoms with Gasteiger partial charge in [0, 0.05) is 11.6 Å². The second-order valence-corrected chi connectivity index (χ2v) is 6.56. The molecule has 0 N–H and O–H groups in total. The van der Waals surface area contributed by atoms with Gasteiger partial charge in [-0.05, 0) is 72.6 Å². The van der Waals surface area contributed by atoms with Crippen LogP contribution >= 0.6 is 0 Å². The third-order valence-corrected chi connectivity index (χ3v) is 4.73. The van der Waals surface area contributed by atoms with Crippen LogP contribution in [0.15, 0.2) is 0 Å². The van der Waals surface area contributed by atoms with Gasteiger partial charge in [-0.3, -0.25) is 4.90 Å². The molecule has 1 saturated heterocycles. The molecule has 0 unspecified atom stereocenters. The van der Waals surface area contributed by atoms with E-state index in [9.17, 15) is 0 Å². The van der Waals surface area contributed by atoms with Gasteiger partial charge in [0.2, 0.25) is 0 Å². The second-order valence-electron chi connectivity index (χ2n) is 6.56. The molecule has 2 fully saturated rings. The first-order valence-corrected chi connectivity index (χ1v) is 8.96. The van der Waals surface area contributed by atoms with Gasteiger partial charge in [0.05, 0.1) is 0 Å². The Bertz CT molecular complexity index is 221. The Morgan fingerprint density at radius 2 is 1.70 bits per heavy atom. The Balaban J connectivity index is 0.000000321. The first kappa shape index (κ1) is 19.9. The summed E-state index contributed by atoms with van der Waals surface area (Å²) < 4.78 is 0. The van der Waals surface area contributed by atoms with Crippen LogP contribution in [0.4, 0.5) is 0 Å². The van der Waals surface area contributed by atoms with Gasteiger partial charge < -0.3 is 4.90 Å². The fourth-order valence-corrected chi connectivity index (χ4v) is 3.11. The van der Waals surface area contributed by atoms with E-state index in [0.29, 0.717) is 5.54 Å². The van der Waals surface area contributed by atoms with Crippen molar-refractivity contribution in [2.45, 2.75) is 91.6 Å². The van der Waals surface area contributed by atoms with E-state index in [1.54, 1.807) is 0 Å². The zero-order chi connectivity index (χ0) is 15.6. The molecule has 122 valence electrons. The molecule has 2 rings (SSSR count). The van der Waals surface area contributed by atoms with E-state index in [4.69, 9.17) is 0 Å². The van der Waals surface area contributed by atoms with Crippen LogP contribution in [0.1, 0.15) is 80.1 Å². The highest BCUT2D eigenvalue weighted by atomic mass is 15.2. The van der Waals surface area contributed by atoms with Gasteiger partial charge >= 0.3 is 0 Å². The topological polar surface area (TPSA) is 6.48 Å². The summed E-state index contributed by atoms with van der Waals surface area (Å²) in [6.07, 6.45) is 8.40. The number of likely N-dealkylation sites (tertiary alicyclic amines) is 1. The molecule has 0 radical (unpaired) electrons. The summed E-state index contributed by atoms with van der Waals surface area (Å²) in [6.45, 7) is 17.0. The summed E-state index contributed by atoms with van der Waals surface area (Å²) >= 11 is 0. The van der Waals surface area contributed by atoms with Crippen LogP contribution < -0.4 is 0 Å².